The zero-order valence-corrected chi connectivity index (χ0v) is 16.4. The van der Waals surface area contributed by atoms with Crippen LogP contribution in [-0.2, 0) is 9.84 Å². The summed E-state index contributed by atoms with van der Waals surface area (Å²) in [5.74, 6) is -0.489. The number of nitro benzene ring substituents is 1. The molecule has 1 aliphatic heterocycles. The Balaban J connectivity index is 1.84. The van der Waals surface area contributed by atoms with Crippen molar-refractivity contribution in [1.29, 1.82) is 5.26 Å². The van der Waals surface area contributed by atoms with Gasteiger partial charge in [0.1, 0.15) is 5.82 Å². The van der Waals surface area contributed by atoms with Gasteiger partial charge in [0.2, 0.25) is 0 Å². The summed E-state index contributed by atoms with van der Waals surface area (Å²) in [6, 6.07) is 9.68. The Labute approximate surface area is 167 Å². The van der Waals surface area contributed by atoms with Crippen LogP contribution in [0.4, 0.5) is 21.5 Å². The van der Waals surface area contributed by atoms with E-state index in [1.165, 1.54) is 18.2 Å². The van der Waals surface area contributed by atoms with Gasteiger partial charge in [-0.05, 0) is 37.1 Å². The first kappa shape index (κ1) is 20.5. The Morgan fingerprint density at radius 2 is 2.07 bits per heavy atom. The Morgan fingerprint density at radius 1 is 1.31 bits per heavy atom. The van der Waals surface area contributed by atoms with Crippen LogP contribution in [0.15, 0.2) is 41.3 Å². The summed E-state index contributed by atoms with van der Waals surface area (Å²) in [5.41, 5.74) is 0.593. The van der Waals surface area contributed by atoms with Crippen molar-refractivity contribution in [3.8, 4) is 6.07 Å². The molecule has 0 bridgehead atoms. The molecule has 2 aromatic carbocycles. The SMILES string of the molecule is CS(=O)(=O)c1cc([N+](=O)[O-])ccc1NC1CCCN(c2ccc(C#N)cc2F)C1. The summed E-state index contributed by atoms with van der Waals surface area (Å²) < 4.78 is 38.6. The summed E-state index contributed by atoms with van der Waals surface area (Å²) in [5, 5.41) is 23.0. The third-order valence-electron chi connectivity index (χ3n) is 4.77. The van der Waals surface area contributed by atoms with Gasteiger partial charge in [0.25, 0.3) is 5.69 Å². The number of hydrogen-bond acceptors (Lipinski definition) is 7. The van der Waals surface area contributed by atoms with Crippen LogP contribution < -0.4 is 10.2 Å². The van der Waals surface area contributed by atoms with Gasteiger partial charge in [-0.3, -0.25) is 10.1 Å². The minimum absolute atomic E-state index is 0.145. The Bertz CT molecular complexity index is 1100. The fourth-order valence-corrected chi connectivity index (χ4v) is 4.28. The van der Waals surface area contributed by atoms with E-state index in [-0.39, 0.29) is 27.9 Å². The molecular formula is C19H19FN4O4S. The van der Waals surface area contributed by atoms with Crippen LogP contribution in [0, 0.1) is 27.3 Å². The van der Waals surface area contributed by atoms with Gasteiger partial charge in [-0.15, -0.1) is 0 Å². The molecule has 0 amide bonds. The minimum atomic E-state index is -3.69. The van der Waals surface area contributed by atoms with Crippen molar-refractivity contribution in [3.63, 3.8) is 0 Å². The maximum absolute atomic E-state index is 14.4. The van der Waals surface area contributed by atoms with Crippen molar-refractivity contribution in [3.05, 3.63) is 57.9 Å². The number of nitrogens with zero attached hydrogens (tertiary/aromatic N) is 3. The molecule has 1 saturated heterocycles. The number of nitrogens with one attached hydrogen (secondary N) is 1. The van der Waals surface area contributed by atoms with Crippen LogP contribution in [0.5, 0.6) is 0 Å². The lowest BCUT2D eigenvalue weighted by atomic mass is 10.0. The lowest BCUT2D eigenvalue weighted by molar-refractivity contribution is -0.385. The van der Waals surface area contributed by atoms with Crippen molar-refractivity contribution in [2.24, 2.45) is 0 Å². The van der Waals surface area contributed by atoms with Gasteiger partial charge in [0.15, 0.2) is 9.84 Å². The maximum atomic E-state index is 14.4. The molecule has 1 fully saturated rings. The monoisotopic (exact) mass is 418 g/mol. The molecule has 8 nitrogen and oxygen atoms in total. The van der Waals surface area contributed by atoms with Crippen molar-refractivity contribution >= 4 is 26.9 Å². The van der Waals surface area contributed by atoms with Gasteiger partial charge in [-0.1, -0.05) is 0 Å². The number of sulfone groups is 1. The molecule has 29 heavy (non-hydrogen) atoms. The van der Waals surface area contributed by atoms with E-state index in [1.807, 2.05) is 11.0 Å². The highest BCUT2D eigenvalue weighted by molar-refractivity contribution is 7.90. The van der Waals surface area contributed by atoms with Crippen molar-refractivity contribution in [2.45, 2.75) is 23.8 Å². The molecule has 0 radical (unpaired) electrons. The van der Waals surface area contributed by atoms with E-state index in [1.54, 1.807) is 12.1 Å². The van der Waals surface area contributed by atoms with Gasteiger partial charge in [0.05, 0.1) is 32.8 Å². The highest BCUT2D eigenvalue weighted by Gasteiger charge is 2.25. The number of halogens is 1. The first-order valence-electron chi connectivity index (χ1n) is 8.88. The number of benzene rings is 2. The van der Waals surface area contributed by atoms with E-state index in [0.717, 1.165) is 25.2 Å². The summed E-state index contributed by atoms with van der Waals surface area (Å²) in [4.78, 5) is 12.0. The normalized spacial score (nSPS) is 16.9. The van der Waals surface area contributed by atoms with Crippen LogP contribution in [-0.4, -0.2) is 38.7 Å². The molecule has 0 saturated carbocycles. The molecule has 2 aromatic rings. The van der Waals surface area contributed by atoms with Crippen molar-refractivity contribution < 1.29 is 17.7 Å². The van der Waals surface area contributed by atoms with Crippen LogP contribution >= 0.6 is 0 Å². The molecule has 0 spiro atoms. The fourth-order valence-electron chi connectivity index (χ4n) is 3.42. The van der Waals surface area contributed by atoms with Gasteiger partial charge in [0, 0.05) is 37.5 Å². The molecule has 1 unspecified atom stereocenters. The summed E-state index contributed by atoms with van der Waals surface area (Å²) >= 11 is 0. The second kappa shape index (κ2) is 8.05. The Hall–Kier alpha value is -3.19. The Kier molecular flexibility index (Phi) is 5.70. The standard InChI is InChI=1S/C19H19FN4O4S/c1-29(27,28)19-10-15(24(25)26)5-6-17(19)22-14-3-2-8-23(12-14)18-7-4-13(11-21)9-16(18)20/h4-7,9-10,14,22H,2-3,8,12H2,1H3. The maximum Gasteiger partial charge on any atom is 0.270 e. The van der Waals surface area contributed by atoms with Crippen molar-refractivity contribution in [2.75, 3.05) is 29.6 Å². The predicted octanol–water partition coefficient (Wildman–Crippen LogP) is 3.09. The number of nitro groups is 1. The molecular weight excluding hydrogens is 399 g/mol. The summed E-state index contributed by atoms with van der Waals surface area (Å²) in [6.07, 6.45) is 2.48. The minimum Gasteiger partial charge on any atom is -0.379 e. The molecule has 1 aliphatic rings. The third kappa shape index (κ3) is 4.63. The lowest BCUT2D eigenvalue weighted by Crippen LogP contribution is -2.42. The number of nitriles is 1. The molecule has 10 heteroatoms. The first-order chi connectivity index (χ1) is 13.7. The van der Waals surface area contributed by atoms with Gasteiger partial charge >= 0.3 is 0 Å². The topological polar surface area (TPSA) is 116 Å². The predicted molar refractivity (Wildman–Crippen MR) is 106 cm³/mol. The quantitative estimate of drug-likeness (QED) is 0.586. The molecule has 1 N–H and O–H groups in total. The molecule has 1 heterocycles. The van der Waals surface area contributed by atoms with E-state index in [9.17, 15) is 22.9 Å². The number of anilines is 2. The largest absolute Gasteiger partial charge is 0.379 e. The van der Waals surface area contributed by atoms with E-state index in [0.29, 0.717) is 18.8 Å². The highest BCUT2D eigenvalue weighted by atomic mass is 32.2. The average Bonchev–Trinajstić information content (AvgIpc) is 2.67. The van der Waals surface area contributed by atoms with Gasteiger partial charge < -0.3 is 10.2 Å². The molecule has 0 aliphatic carbocycles. The van der Waals surface area contributed by atoms with Crippen LogP contribution in [0.25, 0.3) is 0 Å². The molecule has 0 aromatic heterocycles. The first-order valence-corrected chi connectivity index (χ1v) is 10.8. The molecule has 152 valence electrons. The van der Waals surface area contributed by atoms with E-state index >= 15 is 0 Å². The second-order valence-electron chi connectivity index (χ2n) is 6.92. The zero-order valence-electron chi connectivity index (χ0n) is 15.6. The molecule has 3 rings (SSSR count). The zero-order chi connectivity index (χ0) is 21.2. The fraction of sp³-hybridized carbons (Fsp3) is 0.316. The third-order valence-corrected chi connectivity index (χ3v) is 5.91. The molecule has 1 atom stereocenters. The summed E-state index contributed by atoms with van der Waals surface area (Å²) in [6.45, 7) is 1.04. The Morgan fingerprint density at radius 3 is 2.69 bits per heavy atom. The van der Waals surface area contributed by atoms with Gasteiger partial charge in [-0.2, -0.15) is 5.26 Å². The smallest absolute Gasteiger partial charge is 0.270 e. The van der Waals surface area contributed by atoms with Crippen molar-refractivity contribution in [1.82, 2.24) is 0 Å². The van der Waals surface area contributed by atoms with E-state index < -0.39 is 20.6 Å². The number of hydrogen-bond donors (Lipinski definition) is 1. The van der Waals surface area contributed by atoms with Gasteiger partial charge in [-0.25, -0.2) is 12.8 Å². The van der Waals surface area contributed by atoms with Crippen LogP contribution in [0.3, 0.4) is 0 Å². The average molecular weight is 418 g/mol. The number of piperidine rings is 1. The van der Waals surface area contributed by atoms with Crippen LogP contribution in [0.2, 0.25) is 0 Å². The highest BCUT2D eigenvalue weighted by Crippen LogP contribution is 2.30. The summed E-state index contributed by atoms with van der Waals surface area (Å²) in [7, 11) is -3.69. The lowest BCUT2D eigenvalue weighted by Gasteiger charge is -2.35. The van der Waals surface area contributed by atoms with E-state index in [4.69, 9.17) is 5.26 Å². The second-order valence-corrected chi connectivity index (χ2v) is 8.90. The van der Waals surface area contributed by atoms with E-state index in [2.05, 4.69) is 5.32 Å². The number of non-ortho nitro benzene ring substituents is 1. The van der Waals surface area contributed by atoms with Crippen LogP contribution in [0.1, 0.15) is 18.4 Å². The number of rotatable bonds is 5.